The Morgan fingerprint density at radius 3 is 2.50 bits per heavy atom. The van der Waals surface area contributed by atoms with Crippen LogP contribution in [0, 0.1) is 25.2 Å². The normalized spacial score (nSPS) is 12.1. The minimum Gasteiger partial charge on any atom is -0.494 e. The molecule has 7 nitrogen and oxygen atoms in total. The van der Waals surface area contributed by atoms with Crippen LogP contribution in [0.3, 0.4) is 0 Å². The summed E-state index contributed by atoms with van der Waals surface area (Å²) in [7, 11) is 0. The smallest absolute Gasteiger partial charge is 0.349 e. The fourth-order valence-corrected chi connectivity index (χ4v) is 3.51. The minimum atomic E-state index is -0.823. The summed E-state index contributed by atoms with van der Waals surface area (Å²) < 4.78 is 12.6. The number of hydrogen-bond donors (Lipinski definition) is 1. The van der Waals surface area contributed by atoms with Crippen LogP contribution in [0.5, 0.6) is 5.75 Å². The van der Waals surface area contributed by atoms with E-state index in [0.717, 1.165) is 41.2 Å². The Morgan fingerprint density at radius 1 is 1.22 bits per heavy atom. The van der Waals surface area contributed by atoms with Gasteiger partial charge in [-0.15, -0.1) is 0 Å². The molecule has 170 valence electrons. The monoisotopic (exact) mass is 437 g/mol. The highest BCUT2D eigenvalue weighted by Crippen LogP contribution is 2.24. The van der Waals surface area contributed by atoms with E-state index in [-0.39, 0.29) is 17.5 Å². The number of carbonyl (C=O) groups excluding carboxylic acids is 2. The first kappa shape index (κ1) is 24.7. The summed E-state index contributed by atoms with van der Waals surface area (Å²) in [4.78, 5) is 24.3. The van der Waals surface area contributed by atoms with Gasteiger partial charge in [0.1, 0.15) is 17.4 Å². The highest BCUT2D eigenvalue weighted by molar-refractivity contribution is 5.99. The third kappa shape index (κ3) is 6.48. The zero-order valence-electron chi connectivity index (χ0n) is 19.4. The number of hydrogen-bond acceptors (Lipinski definition) is 5. The topological polar surface area (TPSA) is 93.4 Å². The Hall–Kier alpha value is -3.53. The third-order valence-electron chi connectivity index (χ3n) is 4.98. The number of aryl methyl sites for hydroxylation is 1. The molecule has 0 aliphatic heterocycles. The molecule has 0 fully saturated rings. The Bertz CT molecular complexity index is 1010. The van der Waals surface area contributed by atoms with E-state index < -0.39 is 12.6 Å². The first-order chi connectivity index (χ1) is 15.3. The molecule has 1 heterocycles. The van der Waals surface area contributed by atoms with Crippen LogP contribution in [0.4, 0.5) is 0 Å². The van der Waals surface area contributed by atoms with Crippen LogP contribution in [-0.2, 0) is 14.3 Å². The molecule has 0 saturated heterocycles. The molecule has 0 spiro atoms. The molecule has 1 unspecified atom stereocenters. The van der Waals surface area contributed by atoms with Crippen LogP contribution in [0.1, 0.15) is 50.6 Å². The second-order valence-corrected chi connectivity index (χ2v) is 7.59. The number of aromatic nitrogens is 1. The van der Waals surface area contributed by atoms with Crippen molar-refractivity contribution in [3.05, 3.63) is 52.9 Å². The molecule has 0 bridgehead atoms. The van der Waals surface area contributed by atoms with Crippen molar-refractivity contribution < 1.29 is 19.1 Å². The van der Waals surface area contributed by atoms with Gasteiger partial charge in [-0.1, -0.05) is 13.3 Å². The largest absolute Gasteiger partial charge is 0.494 e. The molecule has 0 saturated carbocycles. The zero-order chi connectivity index (χ0) is 23.7. The van der Waals surface area contributed by atoms with E-state index >= 15 is 0 Å². The van der Waals surface area contributed by atoms with E-state index in [1.807, 2.05) is 75.6 Å². The van der Waals surface area contributed by atoms with Crippen LogP contribution in [-0.4, -0.2) is 35.7 Å². The summed E-state index contributed by atoms with van der Waals surface area (Å²) in [5, 5.41) is 12.2. The van der Waals surface area contributed by atoms with Crippen molar-refractivity contribution in [3.63, 3.8) is 0 Å². The lowest BCUT2D eigenvalue weighted by atomic mass is 10.1. The number of nitriles is 1. The number of nitrogens with zero attached hydrogens (tertiary/aromatic N) is 2. The Labute approximate surface area is 189 Å². The number of esters is 1. The lowest BCUT2D eigenvalue weighted by Gasteiger charge is -2.12. The average Bonchev–Trinajstić information content (AvgIpc) is 3.04. The molecule has 0 aliphatic rings. The molecule has 2 rings (SSSR count). The summed E-state index contributed by atoms with van der Waals surface area (Å²) in [5.41, 5.74) is 3.34. The highest BCUT2D eigenvalue weighted by atomic mass is 16.5. The standard InChI is InChI=1S/C25H31N3O4/c1-6-8-17(3)27-24(29)16-32-25(30)21(15-26)14-20-13-18(4)28(19(20)5)22-9-11-23(12-10-22)31-7-2/h9-14,17H,6-8,16H2,1-5H3,(H,27,29)/b21-14+. The van der Waals surface area contributed by atoms with Gasteiger partial charge in [-0.05, 0) is 76.1 Å². The molecule has 1 aromatic heterocycles. The molecule has 2 aromatic rings. The molecule has 1 aromatic carbocycles. The fraction of sp³-hybridized carbons (Fsp3) is 0.400. The number of nitrogens with one attached hydrogen (secondary N) is 1. The average molecular weight is 438 g/mol. The van der Waals surface area contributed by atoms with Crippen molar-refractivity contribution in [1.29, 1.82) is 5.26 Å². The zero-order valence-corrected chi connectivity index (χ0v) is 19.4. The van der Waals surface area contributed by atoms with Crippen LogP contribution in [0.2, 0.25) is 0 Å². The predicted octanol–water partition coefficient (Wildman–Crippen LogP) is 4.25. The van der Waals surface area contributed by atoms with Gasteiger partial charge in [0.05, 0.1) is 6.61 Å². The first-order valence-electron chi connectivity index (χ1n) is 10.8. The number of rotatable bonds is 10. The SMILES string of the molecule is CCCC(C)NC(=O)COC(=O)/C(C#N)=C/c1cc(C)n(-c2ccc(OCC)cc2)c1C. The van der Waals surface area contributed by atoms with Crippen LogP contribution in [0.25, 0.3) is 11.8 Å². The van der Waals surface area contributed by atoms with Gasteiger partial charge in [0, 0.05) is 23.1 Å². The van der Waals surface area contributed by atoms with Gasteiger partial charge in [-0.2, -0.15) is 5.26 Å². The van der Waals surface area contributed by atoms with Gasteiger partial charge in [0.2, 0.25) is 0 Å². The van der Waals surface area contributed by atoms with Crippen LogP contribution < -0.4 is 10.1 Å². The molecule has 0 radical (unpaired) electrons. The molecular weight excluding hydrogens is 406 g/mol. The quantitative estimate of drug-likeness (QED) is 0.341. The van der Waals surface area contributed by atoms with Crippen LogP contribution in [0.15, 0.2) is 35.9 Å². The van der Waals surface area contributed by atoms with E-state index in [4.69, 9.17) is 9.47 Å². The van der Waals surface area contributed by atoms with E-state index in [0.29, 0.717) is 6.61 Å². The summed E-state index contributed by atoms with van der Waals surface area (Å²) >= 11 is 0. The summed E-state index contributed by atoms with van der Waals surface area (Å²) in [6.45, 7) is 9.90. The van der Waals surface area contributed by atoms with Gasteiger partial charge in [0.25, 0.3) is 5.91 Å². The van der Waals surface area contributed by atoms with E-state index in [2.05, 4.69) is 5.32 Å². The second kappa shape index (κ2) is 11.8. The summed E-state index contributed by atoms with van der Waals surface area (Å²) in [5.74, 6) is -0.414. The third-order valence-corrected chi connectivity index (χ3v) is 4.98. The van der Waals surface area contributed by atoms with Crippen molar-refractivity contribution in [2.75, 3.05) is 13.2 Å². The van der Waals surface area contributed by atoms with Crippen molar-refractivity contribution in [2.45, 2.75) is 53.5 Å². The summed E-state index contributed by atoms with van der Waals surface area (Å²) in [6.07, 6.45) is 3.28. The Kier molecular flexibility index (Phi) is 9.08. The van der Waals surface area contributed by atoms with Gasteiger partial charge < -0.3 is 19.4 Å². The van der Waals surface area contributed by atoms with Gasteiger partial charge in [-0.25, -0.2) is 4.79 Å². The number of carbonyl (C=O) groups is 2. The van der Waals surface area contributed by atoms with Gasteiger partial charge in [0.15, 0.2) is 6.61 Å². The summed E-state index contributed by atoms with van der Waals surface area (Å²) in [6, 6.07) is 11.5. The highest BCUT2D eigenvalue weighted by Gasteiger charge is 2.16. The molecule has 1 amide bonds. The lowest BCUT2D eigenvalue weighted by molar-refractivity contribution is -0.144. The van der Waals surface area contributed by atoms with E-state index in [1.54, 1.807) is 0 Å². The molecule has 7 heteroatoms. The first-order valence-corrected chi connectivity index (χ1v) is 10.8. The number of amides is 1. The molecular formula is C25H31N3O4. The number of ether oxygens (including phenoxy) is 2. The lowest BCUT2D eigenvalue weighted by Crippen LogP contribution is -2.35. The maximum atomic E-state index is 12.4. The fourth-order valence-electron chi connectivity index (χ4n) is 3.51. The molecule has 0 aliphatic carbocycles. The Balaban J connectivity index is 2.15. The van der Waals surface area contributed by atoms with Gasteiger partial charge in [-0.3, -0.25) is 4.79 Å². The molecule has 1 N–H and O–H groups in total. The molecule has 1 atom stereocenters. The van der Waals surface area contributed by atoms with Crippen molar-refractivity contribution in [1.82, 2.24) is 9.88 Å². The number of benzene rings is 1. The van der Waals surface area contributed by atoms with Crippen LogP contribution >= 0.6 is 0 Å². The van der Waals surface area contributed by atoms with Crippen molar-refractivity contribution >= 4 is 18.0 Å². The van der Waals surface area contributed by atoms with E-state index in [1.165, 1.54) is 6.08 Å². The molecule has 32 heavy (non-hydrogen) atoms. The van der Waals surface area contributed by atoms with Crippen molar-refractivity contribution in [3.8, 4) is 17.5 Å². The Morgan fingerprint density at radius 2 is 1.91 bits per heavy atom. The second-order valence-electron chi connectivity index (χ2n) is 7.59. The maximum Gasteiger partial charge on any atom is 0.349 e. The van der Waals surface area contributed by atoms with E-state index in [9.17, 15) is 14.9 Å². The van der Waals surface area contributed by atoms with Crippen molar-refractivity contribution in [2.24, 2.45) is 0 Å². The van der Waals surface area contributed by atoms with Gasteiger partial charge >= 0.3 is 5.97 Å². The minimum absolute atomic E-state index is 0.00479. The maximum absolute atomic E-state index is 12.4. The predicted molar refractivity (Wildman–Crippen MR) is 123 cm³/mol.